The summed E-state index contributed by atoms with van der Waals surface area (Å²) < 4.78 is 21.0. The Morgan fingerprint density at radius 3 is 1.96 bits per heavy atom. The summed E-state index contributed by atoms with van der Waals surface area (Å²) in [7, 11) is 0. The highest BCUT2D eigenvalue weighted by atomic mass is 19.1. The maximum atomic E-state index is 16.5. The van der Waals surface area contributed by atoms with E-state index in [0.29, 0.717) is 11.1 Å². The predicted octanol–water partition coefficient (Wildman–Crippen LogP) is 10.4. The van der Waals surface area contributed by atoms with Gasteiger partial charge in [0, 0.05) is 45.2 Å². The molecular weight excluding hydrogens is 567 g/mol. The Labute approximate surface area is 264 Å². The Morgan fingerprint density at radius 1 is 0.478 bits per heavy atom. The van der Waals surface area contributed by atoms with Gasteiger partial charge in [0.2, 0.25) is 0 Å². The van der Waals surface area contributed by atoms with E-state index in [-0.39, 0.29) is 0 Å². The number of aromatic nitrogens is 4. The van der Waals surface area contributed by atoms with E-state index in [1.165, 1.54) is 10.8 Å². The van der Waals surface area contributed by atoms with Crippen molar-refractivity contribution in [3.05, 3.63) is 169 Å². The Balaban J connectivity index is 1.31. The molecule has 0 aliphatic heterocycles. The Kier molecular flexibility index (Phi) is 6.03. The summed E-state index contributed by atoms with van der Waals surface area (Å²) in [5, 5.41) is 4.53. The lowest BCUT2D eigenvalue weighted by atomic mass is 9.98. The molecule has 0 fully saturated rings. The molecule has 0 spiro atoms. The van der Waals surface area contributed by atoms with E-state index in [4.69, 9.17) is 4.98 Å². The molecule has 218 valence electrons. The molecule has 9 rings (SSSR count). The standard InChI is InChI=1S/C41H27FN4/c42-41(28-12-10-11-27(25-28)33-16-6-8-23-43-33)29-19-20-32-37(26-29)46(38-18-7-9-24-44-38)36-22-21-35-39(40(32)36)31-15-4-5-17-34(31)45(35)30-13-2-1-3-14-30/h1-26,41H. The molecule has 9 aromatic rings. The molecule has 0 bridgehead atoms. The molecule has 4 heterocycles. The molecule has 0 radical (unpaired) electrons. The van der Waals surface area contributed by atoms with Crippen LogP contribution in [0.3, 0.4) is 0 Å². The monoisotopic (exact) mass is 594 g/mol. The Bertz CT molecular complexity index is 2530. The number of fused-ring (bicyclic) bond motifs is 7. The topological polar surface area (TPSA) is 35.6 Å². The van der Waals surface area contributed by atoms with Crippen molar-refractivity contribution in [2.24, 2.45) is 0 Å². The number of para-hydroxylation sites is 2. The lowest BCUT2D eigenvalue weighted by Crippen LogP contribution is -1.99. The largest absolute Gasteiger partial charge is 0.309 e. The zero-order valence-corrected chi connectivity index (χ0v) is 24.8. The van der Waals surface area contributed by atoms with E-state index >= 15 is 4.39 Å². The van der Waals surface area contributed by atoms with Crippen LogP contribution in [-0.4, -0.2) is 19.1 Å². The van der Waals surface area contributed by atoms with Gasteiger partial charge in [0.1, 0.15) is 5.82 Å². The number of benzene rings is 5. The lowest BCUT2D eigenvalue weighted by Gasteiger charge is -2.12. The van der Waals surface area contributed by atoms with Gasteiger partial charge < -0.3 is 4.57 Å². The fraction of sp³-hybridized carbons (Fsp3) is 0.0244. The summed E-state index contributed by atoms with van der Waals surface area (Å²) in [6.45, 7) is 0. The van der Waals surface area contributed by atoms with Gasteiger partial charge in [-0.25, -0.2) is 9.37 Å². The molecule has 0 saturated carbocycles. The van der Waals surface area contributed by atoms with E-state index in [9.17, 15) is 0 Å². The molecule has 0 amide bonds. The maximum Gasteiger partial charge on any atom is 0.150 e. The van der Waals surface area contributed by atoms with Gasteiger partial charge in [-0.3, -0.25) is 9.55 Å². The fourth-order valence-electron chi connectivity index (χ4n) is 6.91. The van der Waals surface area contributed by atoms with Crippen molar-refractivity contribution in [2.45, 2.75) is 6.17 Å². The minimum absolute atomic E-state index is 0.591. The van der Waals surface area contributed by atoms with Crippen LogP contribution in [0.15, 0.2) is 158 Å². The smallest absolute Gasteiger partial charge is 0.150 e. The van der Waals surface area contributed by atoms with Crippen LogP contribution in [0, 0.1) is 0 Å². The molecule has 0 aliphatic rings. The first-order chi connectivity index (χ1) is 22.8. The zero-order chi connectivity index (χ0) is 30.6. The highest BCUT2D eigenvalue weighted by Crippen LogP contribution is 2.43. The molecule has 0 saturated heterocycles. The lowest BCUT2D eigenvalue weighted by molar-refractivity contribution is 0.402. The van der Waals surface area contributed by atoms with Crippen molar-refractivity contribution in [3.63, 3.8) is 0 Å². The normalized spacial score (nSPS) is 12.4. The molecule has 0 N–H and O–H groups in total. The average molecular weight is 595 g/mol. The Hall–Kier alpha value is -6.07. The number of nitrogens with zero attached hydrogens (tertiary/aromatic N) is 4. The second-order valence-corrected chi connectivity index (χ2v) is 11.5. The number of alkyl halides is 1. The molecule has 46 heavy (non-hydrogen) atoms. The van der Waals surface area contributed by atoms with Crippen molar-refractivity contribution in [2.75, 3.05) is 0 Å². The summed E-state index contributed by atoms with van der Waals surface area (Å²) in [6.07, 6.45) is 2.24. The minimum Gasteiger partial charge on any atom is -0.309 e. The highest BCUT2D eigenvalue weighted by molar-refractivity contribution is 6.28. The molecule has 4 nitrogen and oxygen atoms in total. The quantitative estimate of drug-likeness (QED) is 0.199. The van der Waals surface area contributed by atoms with Gasteiger partial charge in [0.25, 0.3) is 0 Å². The molecule has 5 heteroatoms. The van der Waals surface area contributed by atoms with Gasteiger partial charge in [0.15, 0.2) is 6.17 Å². The number of halogens is 1. The van der Waals surface area contributed by atoms with Crippen molar-refractivity contribution >= 4 is 43.6 Å². The number of rotatable bonds is 5. The SMILES string of the molecule is FC(c1cccc(-c2ccccn2)c1)c1ccc2c3c4c5ccccc5n(-c5ccccc5)c4ccc3n(-c3ccccn3)c2c1. The summed E-state index contributed by atoms with van der Waals surface area (Å²) in [6, 6.07) is 48.7. The van der Waals surface area contributed by atoms with E-state index in [0.717, 1.165) is 55.6 Å². The molecular formula is C41H27FN4. The van der Waals surface area contributed by atoms with Crippen LogP contribution >= 0.6 is 0 Å². The van der Waals surface area contributed by atoms with Gasteiger partial charge in [-0.15, -0.1) is 0 Å². The summed E-state index contributed by atoms with van der Waals surface area (Å²) in [5.41, 5.74) is 8.21. The van der Waals surface area contributed by atoms with Crippen LogP contribution in [0.25, 0.3) is 66.4 Å². The predicted molar refractivity (Wildman–Crippen MR) is 186 cm³/mol. The van der Waals surface area contributed by atoms with Crippen LogP contribution in [0.4, 0.5) is 4.39 Å². The fourth-order valence-corrected chi connectivity index (χ4v) is 6.91. The summed E-state index contributed by atoms with van der Waals surface area (Å²) in [5.74, 6) is 0.790. The van der Waals surface area contributed by atoms with Gasteiger partial charge in [-0.1, -0.05) is 78.9 Å². The first kappa shape index (κ1) is 26.3. The number of hydrogen-bond donors (Lipinski definition) is 0. The van der Waals surface area contributed by atoms with Crippen LogP contribution in [0.5, 0.6) is 0 Å². The van der Waals surface area contributed by atoms with E-state index < -0.39 is 6.17 Å². The first-order valence-corrected chi connectivity index (χ1v) is 15.4. The highest BCUT2D eigenvalue weighted by Gasteiger charge is 2.22. The van der Waals surface area contributed by atoms with Crippen LogP contribution in [-0.2, 0) is 0 Å². The third-order valence-corrected chi connectivity index (χ3v) is 8.91. The third-order valence-electron chi connectivity index (χ3n) is 8.91. The van der Waals surface area contributed by atoms with E-state index in [1.54, 1.807) is 12.4 Å². The van der Waals surface area contributed by atoms with Gasteiger partial charge in [0.05, 0.1) is 27.8 Å². The van der Waals surface area contributed by atoms with Crippen molar-refractivity contribution in [1.29, 1.82) is 0 Å². The first-order valence-electron chi connectivity index (χ1n) is 15.4. The second kappa shape index (κ2) is 10.5. The summed E-state index contributed by atoms with van der Waals surface area (Å²) >= 11 is 0. The molecule has 0 aliphatic carbocycles. The second-order valence-electron chi connectivity index (χ2n) is 11.5. The van der Waals surface area contributed by atoms with Gasteiger partial charge in [-0.05, 0) is 77.9 Å². The minimum atomic E-state index is -1.32. The van der Waals surface area contributed by atoms with Crippen LogP contribution < -0.4 is 0 Å². The van der Waals surface area contributed by atoms with Crippen molar-refractivity contribution < 1.29 is 4.39 Å². The van der Waals surface area contributed by atoms with E-state index in [2.05, 4.69) is 80.8 Å². The number of hydrogen-bond acceptors (Lipinski definition) is 2. The van der Waals surface area contributed by atoms with Crippen molar-refractivity contribution in [1.82, 2.24) is 19.1 Å². The maximum absolute atomic E-state index is 16.5. The third kappa shape index (κ3) is 4.06. The van der Waals surface area contributed by atoms with E-state index in [1.807, 2.05) is 78.9 Å². The van der Waals surface area contributed by atoms with Crippen LogP contribution in [0.2, 0.25) is 0 Å². The Morgan fingerprint density at radius 2 is 1.17 bits per heavy atom. The van der Waals surface area contributed by atoms with Gasteiger partial charge >= 0.3 is 0 Å². The van der Waals surface area contributed by atoms with Crippen LogP contribution in [0.1, 0.15) is 17.3 Å². The average Bonchev–Trinajstić information content (AvgIpc) is 3.65. The molecule has 1 atom stereocenters. The number of pyridine rings is 2. The molecule has 5 aromatic carbocycles. The molecule has 1 unspecified atom stereocenters. The zero-order valence-electron chi connectivity index (χ0n) is 24.8. The summed E-state index contributed by atoms with van der Waals surface area (Å²) in [4.78, 5) is 9.22. The van der Waals surface area contributed by atoms with Crippen molar-refractivity contribution in [3.8, 4) is 22.8 Å². The van der Waals surface area contributed by atoms with Gasteiger partial charge in [-0.2, -0.15) is 0 Å². The molecule has 4 aromatic heterocycles.